The van der Waals surface area contributed by atoms with Gasteiger partial charge in [-0.3, -0.25) is 14.4 Å². The quantitative estimate of drug-likeness (QED) is 0.387. The summed E-state index contributed by atoms with van der Waals surface area (Å²) in [5.41, 5.74) is 4.66. The van der Waals surface area contributed by atoms with E-state index in [-0.39, 0.29) is 31.4 Å². The predicted octanol–water partition coefficient (Wildman–Crippen LogP) is 2.40. The molecular weight excluding hydrogens is 450 g/mol. The van der Waals surface area contributed by atoms with Crippen molar-refractivity contribution in [3.63, 3.8) is 0 Å². The van der Waals surface area contributed by atoms with Gasteiger partial charge in [-0.2, -0.15) is 0 Å². The van der Waals surface area contributed by atoms with E-state index in [2.05, 4.69) is 40.2 Å². The lowest BCUT2D eigenvalue weighted by molar-refractivity contribution is -0.143. The molecule has 1 aliphatic heterocycles. The molecule has 4 N–H and O–H groups in total. The lowest BCUT2D eigenvalue weighted by Crippen LogP contribution is -2.45. The Kier molecular flexibility index (Phi) is 7.64. The van der Waals surface area contributed by atoms with E-state index in [1.807, 2.05) is 24.3 Å². The van der Waals surface area contributed by atoms with Crippen LogP contribution in [0.1, 0.15) is 42.7 Å². The molecule has 3 amide bonds. The summed E-state index contributed by atoms with van der Waals surface area (Å²) in [5, 5.41) is 16.8. The van der Waals surface area contributed by atoms with Crippen molar-refractivity contribution < 1.29 is 29.0 Å². The monoisotopic (exact) mass is 479 g/mol. The molecule has 4 rings (SSSR count). The second kappa shape index (κ2) is 11.0. The number of hydrogen-bond acceptors (Lipinski definition) is 5. The van der Waals surface area contributed by atoms with Crippen LogP contribution in [0.5, 0.6) is 0 Å². The van der Waals surface area contributed by atoms with Crippen LogP contribution in [-0.4, -0.2) is 54.7 Å². The minimum absolute atomic E-state index is 0.00864. The van der Waals surface area contributed by atoms with Crippen molar-refractivity contribution in [1.82, 2.24) is 16.0 Å². The van der Waals surface area contributed by atoms with Crippen molar-refractivity contribution in [3.8, 4) is 11.1 Å². The number of carboxylic acids is 1. The number of carboxylic acid groups (broad SMARTS) is 1. The number of rotatable bonds is 10. The zero-order chi connectivity index (χ0) is 24.8. The van der Waals surface area contributed by atoms with Gasteiger partial charge in [0.25, 0.3) is 0 Å². The van der Waals surface area contributed by atoms with Gasteiger partial charge in [-0.25, -0.2) is 4.79 Å². The average Bonchev–Trinajstić information content (AvgIpc) is 3.37. The van der Waals surface area contributed by atoms with E-state index in [0.717, 1.165) is 11.1 Å². The van der Waals surface area contributed by atoms with Crippen LogP contribution in [0.25, 0.3) is 11.1 Å². The molecular formula is C26H29N3O6. The van der Waals surface area contributed by atoms with Crippen LogP contribution in [0, 0.1) is 5.92 Å². The molecule has 1 fully saturated rings. The minimum atomic E-state index is -1.12. The highest BCUT2D eigenvalue weighted by Gasteiger charge is 2.40. The number of carbonyl (C=O) groups excluding carboxylic acids is 3. The first-order chi connectivity index (χ1) is 17.0. The number of amides is 3. The van der Waals surface area contributed by atoms with E-state index in [4.69, 9.17) is 9.84 Å². The summed E-state index contributed by atoms with van der Waals surface area (Å²) >= 11 is 0. The fourth-order valence-corrected chi connectivity index (χ4v) is 4.69. The highest BCUT2D eigenvalue weighted by molar-refractivity contribution is 5.94. The fourth-order valence-electron chi connectivity index (χ4n) is 4.69. The summed E-state index contributed by atoms with van der Waals surface area (Å²) in [6.45, 7) is 0.692. The normalized spacial score (nSPS) is 18.3. The summed E-state index contributed by atoms with van der Waals surface area (Å²) < 4.78 is 5.50. The van der Waals surface area contributed by atoms with Crippen molar-refractivity contribution in [2.75, 3.05) is 19.7 Å². The number of carbonyl (C=O) groups is 4. The summed E-state index contributed by atoms with van der Waals surface area (Å²) in [6, 6.07) is 15.3. The molecule has 2 aromatic carbocycles. The van der Waals surface area contributed by atoms with E-state index in [0.29, 0.717) is 25.8 Å². The molecule has 0 bridgehead atoms. The summed E-state index contributed by atoms with van der Waals surface area (Å²) in [7, 11) is 0. The first-order valence-electron chi connectivity index (χ1n) is 11.8. The highest BCUT2D eigenvalue weighted by Crippen LogP contribution is 2.44. The lowest BCUT2D eigenvalue weighted by atomic mass is 9.98. The summed E-state index contributed by atoms with van der Waals surface area (Å²) in [4.78, 5) is 47.1. The Morgan fingerprint density at radius 3 is 2.29 bits per heavy atom. The number of unbranched alkanes of at least 4 members (excludes halogenated alkanes) is 2. The van der Waals surface area contributed by atoms with Gasteiger partial charge < -0.3 is 25.8 Å². The van der Waals surface area contributed by atoms with Crippen LogP contribution < -0.4 is 16.0 Å². The number of ether oxygens (including phenoxy) is 1. The van der Waals surface area contributed by atoms with Crippen LogP contribution in [0.2, 0.25) is 0 Å². The third kappa shape index (κ3) is 5.62. The molecule has 0 radical (unpaired) electrons. The van der Waals surface area contributed by atoms with Gasteiger partial charge in [0.1, 0.15) is 18.6 Å². The highest BCUT2D eigenvalue weighted by atomic mass is 16.5. The molecule has 0 aromatic heterocycles. The molecule has 2 unspecified atom stereocenters. The first-order valence-corrected chi connectivity index (χ1v) is 11.8. The van der Waals surface area contributed by atoms with Crippen LogP contribution in [0.15, 0.2) is 48.5 Å². The van der Waals surface area contributed by atoms with Crippen molar-refractivity contribution in [3.05, 3.63) is 59.7 Å². The topological polar surface area (TPSA) is 134 Å². The van der Waals surface area contributed by atoms with E-state index < -0.39 is 29.9 Å². The number of nitrogens with one attached hydrogen (secondary N) is 3. The maximum absolute atomic E-state index is 12.2. The largest absolute Gasteiger partial charge is 0.481 e. The van der Waals surface area contributed by atoms with Crippen molar-refractivity contribution >= 4 is 23.9 Å². The molecule has 184 valence electrons. The summed E-state index contributed by atoms with van der Waals surface area (Å²) in [6.07, 6.45) is 1.62. The first kappa shape index (κ1) is 24.3. The molecule has 9 heteroatoms. The van der Waals surface area contributed by atoms with Gasteiger partial charge >= 0.3 is 12.1 Å². The van der Waals surface area contributed by atoms with Crippen LogP contribution in [0.3, 0.4) is 0 Å². The summed E-state index contributed by atoms with van der Waals surface area (Å²) in [5.74, 6) is -2.89. The van der Waals surface area contributed by atoms with E-state index in [9.17, 15) is 19.2 Å². The van der Waals surface area contributed by atoms with Crippen LogP contribution in [-0.2, 0) is 19.1 Å². The lowest BCUT2D eigenvalue weighted by Gasteiger charge is -2.15. The molecule has 0 spiro atoms. The van der Waals surface area contributed by atoms with Gasteiger partial charge in [0.2, 0.25) is 11.8 Å². The molecule has 2 atom stereocenters. The van der Waals surface area contributed by atoms with Gasteiger partial charge in [-0.05, 0) is 35.1 Å². The minimum Gasteiger partial charge on any atom is -0.481 e. The molecule has 2 aromatic rings. The van der Waals surface area contributed by atoms with Gasteiger partial charge in [0, 0.05) is 25.4 Å². The zero-order valence-electron chi connectivity index (χ0n) is 19.3. The molecule has 1 aliphatic carbocycles. The number of fused-ring (bicyclic) bond motifs is 3. The maximum atomic E-state index is 12.2. The van der Waals surface area contributed by atoms with Gasteiger partial charge in [0.05, 0.1) is 0 Å². The third-order valence-electron chi connectivity index (χ3n) is 6.51. The van der Waals surface area contributed by atoms with Crippen molar-refractivity contribution in [2.45, 2.75) is 37.6 Å². The third-order valence-corrected chi connectivity index (χ3v) is 6.51. The average molecular weight is 480 g/mol. The smallest absolute Gasteiger partial charge is 0.407 e. The van der Waals surface area contributed by atoms with Crippen LogP contribution in [0.4, 0.5) is 4.79 Å². The van der Waals surface area contributed by atoms with Crippen molar-refractivity contribution in [1.29, 1.82) is 0 Å². The predicted molar refractivity (Wildman–Crippen MR) is 128 cm³/mol. The Bertz CT molecular complexity index is 1070. The molecule has 1 heterocycles. The molecule has 0 saturated carbocycles. The standard InChI is InChI=1S/C26H29N3O6/c30-22(29-23-20(25(32)33)14-28-24(23)31)12-2-1-7-13-27-26(34)35-15-21-18-10-5-3-8-16(18)17-9-4-6-11-19(17)21/h3-6,8-11,20-21,23H,1-2,7,12-15H2,(H,27,34)(H,28,31)(H,29,30)(H,32,33). The number of benzene rings is 2. The second-order valence-electron chi connectivity index (χ2n) is 8.80. The Morgan fingerprint density at radius 1 is 0.971 bits per heavy atom. The van der Waals surface area contributed by atoms with Gasteiger partial charge in [-0.15, -0.1) is 0 Å². The Morgan fingerprint density at radius 2 is 1.63 bits per heavy atom. The van der Waals surface area contributed by atoms with E-state index >= 15 is 0 Å². The van der Waals surface area contributed by atoms with Crippen molar-refractivity contribution in [2.24, 2.45) is 5.92 Å². The Labute approximate surface area is 203 Å². The zero-order valence-corrected chi connectivity index (χ0v) is 19.3. The molecule has 1 saturated heterocycles. The second-order valence-corrected chi connectivity index (χ2v) is 8.80. The Hall–Kier alpha value is -3.88. The van der Waals surface area contributed by atoms with Gasteiger partial charge in [-0.1, -0.05) is 55.0 Å². The SMILES string of the molecule is O=C(CCCCCNC(=O)OCC1c2ccccc2-c2ccccc21)NC1C(=O)NCC1C(=O)O. The number of hydrogen-bond donors (Lipinski definition) is 4. The molecule has 2 aliphatic rings. The number of alkyl carbamates (subject to hydrolysis) is 1. The molecule has 9 nitrogen and oxygen atoms in total. The van der Waals surface area contributed by atoms with E-state index in [1.165, 1.54) is 11.1 Å². The molecule has 35 heavy (non-hydrogen) atoms. The van der Waals surface area contributed by atoms with Gasteiger partial charge in [0.15, 0.2) is 0 Å². The number of aliphatic carboxylic acids is 1. The maximum Gasteiger partial charge on any atom is 0.407 e. The Balaban J connectivity index is 1.13. The van der Waals surface area contributed by atoms with E-state index in [1.54, 1.807) is 0 Å². The van der Waals surface area contributed by atoms with Crippen LogP contribution >= 0.6 is 0 Å². The fraction of sp³-hybridized carbons (Fsp3) is 0.385.